The third kappa shape index (κ3) is 4.04. The van der Waals surface area contributed by atoms with Crippen molar-refractivity contribution in [3.8, 4) is 0 Å². The molecule has 124 valence electrons. The lowest BCUT2D eigenvalue weighted by Crippen LogP contribution is -2.41. The van der Waals surface area contributed by atoms with E-state index >= 15 is 0 Å². The van der Waals surface area contributed by atoms with E-state index in [2.05, 4.69) is 10.4 Å². The Kier molecular flexibility index (Phi) is 5.28. The number of methoxy groups -OCH3 is 1. The van der Waals surface area contributed by atoms with Crippen molar-refractivity contribution in [3.63, 3.8) is 0 Å². The van der Waals surface area contributed by atoms with Gasteiger partial charge >= 0.3 is 0 Å². The van der Waals surface area contributed by atoms with Crippen molar-refractivity contribution in [2.45, 2.75) is 25.4 Å². The minimum Gasteiger partial charge on any atom is -0.383 e. The van der Waals surface area contributed by atoms with Gasteiger partial charge in [-0.1, -0.05) is 0 Å². The summed E-state index contributed by atoms with van der Waals surface area (Å²) in [5, 5.41) is 8.25. The molecule has 1 aliphatic heterocycles. The highest BCUT2D eigenvalue weighted by molar-refractivity contribution is 6.40. The van der Waals surface area contributed by atoms with Gasteiger partial charge in [-0.05, 0) is 31.2 Å². The van der Waals surface area contributed by atoms with Crippen LogP contribution in [0.1, 0.15) is 13.3 Å². The van der Waals surface area contributed by atoms with Crippen LogP contribution in [0.2, 0.25) is 0 Å². The molecular weight excluding hydrogens is 303 g/mol. The SMILES string of the molecule is COC[C@@H](C)NC(=O)C1=NN(c2ccc(F)cc2)[C@@H](C(N)=O)C1. The van der Waals surface area contributed by atoms with E-state index in [0.717, 1.165) is 0 Å². The van der Waals surface area contributed by atoms with Gasteiger partial charge in [-0.25, -0.2) is 4.39 Å². The summed E-state index contributed by atoms with van der Waals surface area (Å²) < 4.78 is 18.0. The van der Waals surface area contributed by atoms with Gasteiger partial charge in [0.25, 0.3) is 5.91 Å². The molecule has 1 heterocycles. The lowest BCUT2D eigenvalue weighted by Gasteiger charge is -2.20. The number of nitrogens with one attached hydrogen (secondary N) is 1. The van der Waals surface area contributed by atoms with Crippen LogP contribution in [-0.4, -0.2) is 43.3 Å². The lowest BCUT2D eigenvalue weighted by molar-refractivity contribution is -0.119. The minimum absolute atomic E-state index is 0.0955. The zero-order valence-electron chi connectivity index (χ0n) is 13.0. The molecule has 1 aromatic carbocycles. The standard InChI is InChI=1S/C15H19FN4O3/c1-9(8-23-2)18-15(22)12-7-13(14(17)21)20(19-12)11-5-3-10(16)4-6-11/h3-6,9,13H,7-8H2,1-2H3,(H2,17,21)(H,18,22)/t9-,13-/m1/s1. The number of carbonyl (C=O) groups excluding carboxylic acids is 2. The van der Waals surface area contributed by atoms with Crippen LogP contribution < -0.4 is 16.1 Å². The fraction of sp³-hybridized carbons (Fsp3) is 0.400. The molecule has 0 saturated heterocycles. The van der Waals surface area contributed by atoms with Crippen molar-refractivity contribution < 1.29 is 18.7 Å². The number of rotatable bonds is 6. The third-order valence-electron chi connectivity index (χ3n) is 3.39. The molecule has 0 fully saturated rings. The Balaban J connectivity index is 2.19. The fourth-order valence-electron chi connectivity index (χ4n) is 2.30. The van der Waals surface area contributed by atoms with Crippen LogP contribution in [0.15, 0.2) is 29.4 Å². The molecule has 0 saturated carbocycles. The van der Waals surface area contributed by atoms with Crippen LogP contribution >= 0.6 is 0 Å². The zero-order valence-corrected chi connectivity index (χ0v) is 13.0. The number of ether oxygens (including phenoxy) is 1. The summed E-state index contributed by atoms with van der Waals surface area (Å²) >= 11 is 0. The molecule has 3 N–H and O–H groups in total. The smallest absolute Gasteiger partial charge is 0.267 e. The summed E-state index contributed by atoms with van der Waals surface area (Å²) in [7, 11) is 1.54. The van der Waals surface area contributed by atoms with Crippen LogP contribution in [0.5, 0.6) is 0 Å². The molecular formula is C15H19FN4O3. The second kappa shape index (κ2) is 7.19. The van der Waals surface area contributed by atoms with Gasteiger partial charge in [0.2, 0.25) is 5.91 Å². The zero-order chi connectivity index (χ0) is 17.0. The van der Waals surface area contributed by atoms with Gasteiger partial charge in [0, 0.05) is 19.6 Å². The Bertz CT molecular complexity index is 618. The third-order valence-corrected chi connectivity index (χ3v) is 3.39. The predicted molar refractivity (Wildman–Crippen MR) is 83.4 cm³/mol. The van der Waals surface area contributed by atoms with E-state index in [1.165, 1.54) is 36.4 Å². The molecule has 2 atom stereocenters. The molecule has 2 rings (SSSR count). The molecule has 8 heteroatoms. The Morgan fingerprint density at radius 2 is 2.13 bits per heavy atom. The number of benzene rings is 1. The Labute approximate surface area is 133 Å². The molecule has 23 heavy (non-hydrogen) atoms. The van der Waals surface area contributed by atoms with Crippen LogP contribution in [-0.2, 0) is 14.3 Å². The number of anilines is 1. The number of primary amides is 1. The molecule has 7 nitrogen and oxygen atoms in total. The number of halogens is 1. The second-order valence-corrected chi connectivity index (χ2v) is 5.32. The van der Waals surface area contributed by atoms with Crippen LogP contribution in [0, 0.1) is 5.82 Å². The van der Waals surface area contributed by atoms with E-state index in [1.807, 2.05) is 0 Å². The molecule has 0 spiro atoms. The van der Waals surface area contributed by atoms with Gasteiger partial charge in [-0.15, -0.1) is 0 Å². The largest absolute Gasteiger partial charge is 0.383 e. The van der Waals surface area contributed by atoms with Gasteiger partial charge in [-0.2, -0.15) is 5.10 Å². The summed E-state index contributed by atoms with van der Waals surface area (Å²) in [5.74, 6) is -1.39. The first-order chi connectivity index (χ1) is 10.9. The molecule has 2 amide bonds. The van der Waals surface area contributed by atoms with Gasteiger partial charge < -0.3 is 15.8 Å². The fourth-order valence-corrected chi connectivity index (χ4v) is 2.30. The van der Waals surface area contributed by atoms with Gasteiger partial charge in [0.15, 0.2) is 0 Å². The van der Waals surface area contributed by atoms with E-state index in [4.69, 9.17) is 10.5 Å². The van der Waals surface area contributed by atoms with Crippen molar-refractivity contribution in [1.82, 2.24) is 5.32 Å². The van der Waals surface area contributed by atoms with Crippen molar-refractivity contribution >= 4 is 23.2 Å². The second-order valence-electron chi connectivity index (χ2n) is 5.32. The van der Waals surface area contributed by atoms with E-state index in [9.17, 15) is 14.0 Å². The van der Waals surface area contributed by atoms with Crippen LogP contribution in [0.4, 0.5) is 10.1 Å². The Morgan fingerprint density at radius 1 is 1.48 bits per heavy atom. The summed E-state index contributed by atoms with van der Waals surface area (Å²) in [6.45, 7) is 2.15. The average molecular weight is 322 g/mol. The maximum Gasteiger partial charge on any atom is 0.267 e. The molecule has 0 aliphatic carbocycles. The number of amides is 2. The van der Waals surface area contributed by atoms with Crippen LogP contribution in [0.3, 0.4) is 0 Å². The summed E-state index contributed by atoms with van der Waals surface area (Å²) in [4.78, 5) is 23.8. The van der Waals surface area contributed by atoms with E-state index in [-0.39, 0.29) is 24.1 Å². The molecule has 0 radical (unpaired) electrons. The highest BCUT2D eigenvalue weighted by Gasteiger charge is 2.35. The Hall–Kier alpha value is -2.48. The van der Waals surface area contributed by atoms with E-state index < -0.39 is 17.8 Å². The molecule has 0 unspecified atom stereocenters. The lowest BCUT2D eigenvalue weighted by atomic mass is 10.1. The number of hydrazone groups is 1. The number of carbonyl (C=O) groups is 2. The van der Waals surface area contributed by atoms with Crippen molar-refractivity contribution in [1.29, 1.82) is 0 Å². The highest BCUT2D eigenvalue weighted by Crippen LogP contribution is 2.24. The molecule has 0 bridgehead atoms. The van der Waals surface area contributed by atoms with Gasteiger partial charge in [0.05, 0.1) is 12.3 Å². The summed E-state index contributed by atoms with van der Waals surface area (Å²) in [6.07, 6.45) is 0.0955. The first kappa shape index (κ1) is 16.9. The normalized spacial score (nSPS) is 18.5. The number of nitrogens with two attached hydrogens (primary N) is 1. The number of hydrogen-bond acceptors (Lipinski definition) is 5. The first-order valence-electron chi connectivity index (χ1n) is 7.13. The van der Waals surface area contributed by atoms with Crippen molar-refractivity contribution in [2.75, 3.05) is 18.7 Å². The maximum absolute atomic E-state index is 13.0. The van der Waals surface area contributed by atoms with Gasteiger partial charge in [0.1, 0.15) is 17.6 Å². The summed E-state index contributed by atoms with van der Waals surface area (Å²) in [6, 6.07) is 4.48. The van der Waals surface area contributed by atoms with E-state index in [1.54, 1.807) is 6.92 Å². The quantitative estimate of drug-likeness (QED) is 0.792. The molecule has 1 aromatic rings. The number of hydrogen-bond donors (Lipinski definition) is 2. The van der Waals surface area contributed by atoms with Crippen molar-refractivity contribution in [3.05, 3.63) is 30.1 Å². The first-order valence-corrected chi connectivity index (χ1v) is 7.13. The van der Waals surface area contributed by atoms with Crippen LogP contribution in [0.25, 0.3) is 0 Å². The molecule has 1 aliphatic rings. The summed E-state index contributed by atoms with van der Waals surface area (Å²) in [5.41, 5.74) is 6.07. The molecule has 0 aromatic heterocycles. The number of nitrogens with zero attached hydrogens (tertiary/aromatic N) is 2. The van der Waals surface area contributed by atoms with Crippen molar-refractivity contribution in [2.24, 2.45) is 10.8 Å². The predicted octanol–water partition coefficient (Wildman–Crippen LogP) is 0.397. The average Bonchev–Trinajstić information content (AvgIpc) is 2.93. The van der Waals surface area contributed by atoms with E-state index in [0.29, 0.717) is 12.3 Å². The van der Waals surface area contributed by atoms with Gasteiger partial charge in [-0.3, -0.25) is 14.6 Å². The highest BCUT2D eigenvalue weighted by atomic mass is 19.1. The monoisotopic (exact) mass is 322 g/mol. The maximum atomic E-state index is 13.0. The topological polar surface area (TPSA) is 97.0 Å². The Morgan fingerprint density at radius 3 is 2.70 bits per heavy atom. The minimum atomic E-state index is -0.779.